The topological polar surface area (TPSA) is 47.3 Å². The number of hydrazine groups is 1. The van der Waals surface area contributed by atoms with Crippen molar-refractivity contribution in [3.63, 3.8) is 0 Å². The van der Waals surface area contributed by atoms with Crippen LogP contribution in [0.3, 0.4) is 0 Å². The molecule has 0 aromatic heterocycles. The Labute approximate surface area is 110 Å². The minimum atomic E-state index is 0.0955. The summed E-state index contributed by atoms with van der Waals surface area (Å²) in [5, 5.41) is 0. The molecular weight excluding hydrogens is 224 g/mol. The first-order valence-electron chi connectivity index (χ1n) is 6.88. The molecular formula is C15H24N2O. The molecule has 1 fully saturated rings. The summed E-state index contributed by atoms with van der Waals surface area (Å²) >= 11 is 0. The molecule has 0 saturated heterocycles. The molecule has 1 aliphatic rings. The normalized spacial score (nSPS) is 18.6. The van der Waals surface area contributed by atoms with Crippen molar-refractivity contribution in [2.75, 3.05) is 7.11 Å². The van der Waals surface area contributed by atoms with E-state index in [2.05, 4.69) is 36.6 Å². The smallest absolute Gasteiger partial charge is 0.0806 e. The van der Waals surface area contributed by atoms with Crippen molar-refractivity contribution >= 4 is 0 Å². The second-order valence-electron chi connectivity index (χ2n) is 5.17. The Balaban J connectivity index is 2.10. The quantitative estimate of drug-likeness (QED) is 0.576. The van der Waals surface area contributed by atoms with E-state index in [0.29, 0.717) is 5.92 Å². The molecule has 1 saturated carbocycles. The van der Waals surface area contributed by atoms with E-state index < -0.39 is 0 Å². The summed E-state index contributed by atoms with van der Waals surface area (Å²) in [5.41, 5.74) is 5.52. The van der Waals surface area contributed by atoms with Gasteiger partial charge in [-0.15, -0.1) is 0 Å². The molecule has 2 rings (SSSR count). The first-order valence-corrected chi connectivity index (χ1v) is 6.88. The molecule has 0 heterocycles. The Morgan fingerprint density at radius 1 is 1.33 bits per heavy atom. The zero-order valence-corrected chi connectivity index (χ0v) is 11.4. The minimum Gasteiger partial charge on any atom is -0.379 e. The summed E-state index contributed by atoms with van der Waals surface area (Å²) in [5.74, 6) is 6.37. The Bertz CT molecular complexity index is 359. The third-order valence-electron chi connectivity index (χ3n) is 3.74. The highest BCUT2D eigenvalue weighted by atomic mass is 16.5. The Morgan fingerprint density at radius 2 is 2.00 bits per heavy atom. The van der Waals surface area contributed by atoms with Crippen LogP contribution in [0.25, 0.3) is 0 Å². The lowest BCUT2D eigenvalue weighted by atomic mass is 9.97. The third kappa shape index (κ3) is 3.10. The fourth-order valence-corrected chi connectivity index (χ4v) is 2.59. The fourth-order valence-electron chi connectivity index (χ4n) is 2.59. The summed E-state index contributed by atoms with van der Waals surface area (Å²) < 4.78 is 5.62. The molecule has 1 aliphatic carbocycles. The summed E-state index contributed by atoms with van der Waals surface area (Å²) in [4.78, 5) is 0. The molecule has 3 N–H and O–H groups in total. The SMILES string of the molecule is CCCc1ccc(C(NN)C(OC)C2CC2)cc1. The molecule has 2 atom stereocenters. The Kier molecular flexibility index (Phi) is 4.75. The summed E-state index contributed by atoms with van der Waals surface area (Å²) in [7, 11) is 1.78. The molecule has 0 aliphatic heterocycles. The molecule has 0 amide bonds. The van der Waals surface area contributed by atoms with Crippen LogP contribution in [0.1, 0.15) is 43.4 Å². The van der Waals surface area contributed by atoms with E-state index in [0.717, 1.165) is 6.42 Å². The van der Waals surface area contributed by atoms with E-state index in [1.54, 1.807) is 7.11 Å². The third-order valence-corrected chi connectivity index (χ3v) is 3.74. The lowest BCUT2D eigenvalue weighted by Gasteiger charge is -2.26. The van der Waals surface area contributed by atoms with Crippen LogP contribution < -0.4 is 11.3 Å². The van der Waals surface area contributed by atoms with Crippen LogP contribution in [-0.4, -0.2) is 13.2 Å². The van der Waals surface area contributed by atoms with Crippen molar-refractivity contribution in [1.82, 2.24) is 5.43 Å². The van der Waals surface area contributed by atoms with E-state index >= 15 is 0 Å². The first kappa shape index (κ1) is 13.5. The van der Waals surface area contributed by atoms with Crippen LogP contribution in [0.15, 0.2) is 24.3 Å². The zero-order chi connectivity index (χ0) is 13.0. The van der Waals surface area contributed by atoms with Gasteiger partial charge in [-0.2, -0.15) is 0 Å². The molecule has 3 heteroatoms. The van der Waals surface area contributed by atoms with Crippen LogP contribution in [0.2, 0.25) is 0 Å². The van der Waals surface area contributed by atoms with Crippen molar-refractivity contribution in [3.8, 4) is 0 Å². The van der Waals surface area contributed by atoms with Gasteiger partial charge >= 0.3 is 0 Å². The minimum absolute atomic E-state index is 0.0955. The second-order valence-corrected chi connectivity index (χ2v) is 5.17. The van der Waals surface area contributed by atoms with Crippen LogP contribution in [0.5, 0.6) is 0 Å². The first-order chi connectivity index (χ1) is 8.80. The molecule has 100 valence electrons. The van der Waals surface area contributed by atoms with E-state index in [1.807, 2.05) is 0 Å². The van der Waals surface area contributed by atoms with Gasteiger partial charge in [-0.05, 0) is 36.3 Å². The maximum atomic E-state index is 5.71. The van der Waals surface area contributed by atoms with Gasteiger partial charge in [-0.1, -0.05) is 37.6 Å². The van der Waals surface area contributed by atoms with Crippen molar-refractivity contribution in [2.24, 2.45) is 11.8 Å². The van der Waals surface area contributed by atoms with Gasteiger partial charge in [0, 0.05) is 7.11 Å². The number of ether oxygens (including phenoxy) is 1. The number of benzene rings is 1. The van der Waals surface area contributed by atoms with Crippen molar-refractivity contribution < 1.29 is 4.74 Å². The van der Waals surface area contributed by atoms with Crippen molar-refractivity contribution in [2.45, 2.75) is 44.8 Å². The van der Waals surface area contributed by atoms with Crippen LogP contribution in [0, 0.1) is 5.92 Å². The predicted octanol–water partition coefficient (Wildman–Crippen LogP) is 2.57. The second kappa shape index (κ2) is 6.32. The lowest BCUT2D eigenvalue weighted by Crippen LogP contribution is -2.38. The molecule has 18 heavy (non-hydrogen) atoms. The molecule has 2 unspecified atom stereocenters. The van der Waals surface area contributed by atoms with E-state index in [9.17, 15) is 0 Å². The molecule has 1 aromatic carbocycles. The predicted molar refractivity (Wildman–Crippen MR) is 74.0 cm³/mol. The largest absolute Gasteiger partial charge is 0.379 e. The number of methoxy groups -OCH3 is 1. The number of nitrogens with one attached hydrogen (secondary N) is 1. The summed E-state index contributed by atoms with van der Waals surface area (Å²) in [6.07, 6.45) is 5.01. The van der Waals surface area contributed by atoms with Gasteiger partial charge < -0.3 is 4.74 Å². The van der Waals surface area contributed by atoms with Gasteiger partial charge in [-0.25, -0.2) is 0 Å². The molecule has 0 radical (unpaired) electrons. The van der Waals surface area contributed by atoms with Crippen LogP contribution in [-0.2, 0) is 11.2 Å². The summed E-state index contributed by atoms with van der Waals surface area (Å²) in [6, 6.07) is 8.83. The highest BCUT2D eigenvalue weighted by Gasteiger charge is 2.37. The molecule has 1 aromatic rings. The number of nitrogens with two attached hydrogens (primary N) is 1. The van der Waals surface area contributed by atoms with Gasteiger partial charge in [0.05, 0.1) is 12.1 Å². The molecule has 0 spiro atoms. The van der Waals surface area contributed by atoms with Crippen molar-refractivity contribution in [1.29, 1.82) is 0 Å². The number of hydrogen-bond donors (Lipinski definition) is 2. The standard InChI is InChI=1S/C15H24N2O/c1-3-4-11-5-7-12(8-6-11)14(17-16)15(18-2)13-9-10-13/h5-8,13-15,17H,3-4,9-10,16H2,1-2H3. The molecule has 3 nitrogen and oxygen atoms in total. The number of hydrogen-bond acceptors (Lipinski definition) is 3. The Morgan fingerprint density at radius 3 is 2.44 bits per heavy atom. The van der Waals surface area contributed by atoms with Gasteiger partial charge in [0.1, 0.15) is 0 Å². The van der Waals surface area contributed by atoms with E-state index in [1.165, 1.54) is 30.4 Å². The molecule has 0 bridgehead atoms. The Hall–Kier alpha value is -0.900. The summed E-state index contributed by atoms with van der Waals surface area (Å²) in [6.45, 7) is 2.20. The zero-order valence-electron chi connectivity index (χ0n) is 11.4. The van der Waals surface area contributed by atoms with E-state index in [4.69, 9.17) is 10.6 Å². The van der Waals surface area contributed by atoms with Gasteiger partial charge in [0.15, 0.2) is 0 Å². The van der Waals surface area contributed by atoms with E-state index in [-0.39, 0.29) is 12.1 Å². The highest BCUT2D eigenvalue weighted by molar-refractivity contribution is 5.26. The lowest BCUT2D eigenvalue weighted by molar-refractivity contribution is 0.0507. The maximum absolute atomic E-state index is 5.71. The van der Waals surface area contributed by atoms with Gasteiger partial charge in [0.25, 0.3) is 0 Å². The average molecular weight is 248 g/mol. The van der Waals surface area contributed by atoms with Gasteiger partial charge in [0.2, 0.25) is 0 Å². The monoisotopic (exact) mass is 248 g/mol. The van der Waals surface area contributed by atoms with Crippen LogP contribution in [0.4, 0.5) is 0 Å². The average Bonchev–Trinajstić information content (AvgIpc) is 3.22. The van der Waals surface area contributed by atoms with Crippen molar-refractivity contribution in [3.05, 3.63) is 35.4 Å². The number of aryl methyl sites for hydroxylation is 1. The number of rotatable bonds is 7. The fraction of sp³-hybridized carbons (Fsp3) is 0.600. The van der Waals surface area contributed by atoms with Crippen LogP contribution >= 0.6 is 0 Å². The van der Waals surface area contributed by atoms with Gasteiger partial charge in [-0.3, -0.25) is 11.3 Å². The highest BCUT2D eigenvalue weighted by Crippen LogP contribution is 2.39. The maximum Gasteiger partial charge on any atom is 0.0806 e.